The molecule has 2 heterocycles. The number of piperidine rings is 1. The number of hydrogen-bond acceptors (Lipinski definition) is 4. The van der Waals surface area contributed by atoms with Gasteiger partial charge in [0, 0.05) is 24.0 Å². The standard InChI is InChI=1S/C22H24F3N3O2/c1-14-6-3-7-15(2)28(14)20(30)13-19(29)18-10-5-11-26-21(18)27-17-9-4-8-16(12-17)22(23,24)25/h4-5,8-12,14-15H,3,6-7,13H2,1-2H3,(H,26,27). The number of benzene rings is 1. The van der Waals surface area contributed by atoms with E-state index in [0.29, 0.717) is 0 Å². The van der Waals surface area contributed by atoms with Crippen molar-refractivity contribution in [3.05, 3.63) is 53.7 Å². The largest absolute Gasteiger partial charge is 0.416 e. The number of aromatic nitrogens is 1. The molecule has 8 heteroatoms. The van der Waals surface area contributed by atoms with Gasteiger partial charge in [0.1, 0.15) is 5.82 Å². The van der Waals surface area contributed by atoms with Crippen molar-refractivity contribution in [1.82, 2.24) is 9.88 Å². The maximum Gasteiger partial charge on any atom is 0.416 e. The van der Waals surface area contributed by atoms with Gasteiger partial charge in [-0.3, -0.25) is 9.59 Å². The third kappa shape index (κ3) is 4.98. The molecular formula is C22H24F3N3O2. The summed E-state index contributed by atoms with van der Waals surface area (Å²) >= 11 is 0. The molecule has 0 bridgehead atoms. The van der Waals surface area contributed by atoms with Gasteiger partial charge in [-0.15, -0.1) is 0 Å². The van der Waals surface area contributed by atoms with Gasteiger partial charge in [-0.1, -0.05) is 6.07 Å². The van der Waals surface area contributed by atoms with Crippen molar-refractivity contribution in [2.45, 2.75) is 57.8 Å². The highest BCUT2D eigenvalue weighted by Crippen LogP contribution is 2.32. The van der Waals surface area contributed by atoms with Gasteiger partial charge in [0.25, 0.3) is 0 Å². The summed E-state index contributed by atoms with van der Waals surface area (Å²) in [6, 6.07) is 7.87. The van der Waals surface area contributed by atoms with E-state index in [0.717, 1.165) is 31.4 Å². The minimum absolute atomic E-state index is 0.0747. The molecule has 5 nitrogen and oxygen atoms in total. The molecule has 0 aliphatic carbocycles. The van der Waals surface area contributed by atoms with Gasteiger partial charge in [0.05, 0.1) is 17.5 Å². The second kappa shape index (κ2) is 8.85. The van der Waals surface area contributed by atoms with Gasteiger partial charge in [0.2, 0.25) is 5.91 Å². The van der Waals surface area contributed by atoms with Gasteiger partial charge in [0.15, 0.2) is 5.78 Å². The van der Waals surface area contributed by atoms with Crippen LogP contribution in [-0.2, 0) is 11.0 Å². The Morgan fingerprint density at radius 1 is 1.13 bits per heavy atom. The van der Waals surface area contributed by atoms with Gasteiger partial charge in [-0.25, -0.2) is 4.98 Å². The zero-order valence-corrected chi connectivity index (χ0v) is 16.9. The Bertz CT molecular complexity index is 920. The Hall–Kier alpha value is -2.90. The van der Waals surface area contributed by atoms with Crippen LogP contribution in [0.3, 0.4) is 0 Å². The summed E-state index contributed by atoms with van der Waals surface area (Å²) in [6.45, 7) is 3.95. The lowest BCUT2D eigenvalue weighted by Crippen LogP contribution is -2.48. The first kappa shape index (κ1) is 21.8. The number of amides is 1. The number of rotatable bonds is 5. The second-order valence-electron chi connectivity index (χ2n) is 7.63. The number of hydrogen-bond donors (Lipinski definition) is 1. The molecule has 1 fully saturated rings. The summed E-state index contributed by atoms with van der Waals surface area (Å²) in [5.41, 5.74) is -0.484. The molecule has 1 aliphatic rings. The number of carbonyl (C=O) groups excluding carboxylic acids is 2. The summed E-state index contributed by atoms with van der Waals surface area (Å²) in [6.07, 6.45) is -0.498. The van der Waals surface area contributed by atoms with Crippen molar-refractivity contribution < 1.29 is 22.8 Å². The lowest BCUT2D eigenvalue weighted by atomic mass is 9.96. The van der Waals surface area contributed by atoms with Crippen molar-refractivity contribution in [3.8, 4) is 0 Å². The third-order valence-corrected chi connectivity index (χ3v) is 5.35. The SMILES string of the molecule is CC1CCCC(C)N1C(=O)CC(=O)c1cccnc1Nc1cccc(C(F)(F)F)c1. The molecule has 1 amide bonds. The van der Waals surface area contributed by atoms with Crippen LogP contribution in [0.5, 0.6) is 0 Å². The third-order valence-electron chi connectivity index (χ3n) is 5.35. The van der Waals surface area contributed by atoms with Crippen molar-refractivity contribution in [3.63, 3.8) is 0 Å². The number of anilines is 2. The first-order chi connectivity index (χ1) is 14.2. The summed E-state index contributed by atoms with van der Waals surface area (Å²) in [5, 5.41) is 2.78. The van der Waals surface area contributed by atoms with E-state index in [1.54, 1.807) is 11.0 Å². The zero-order chi connectivity index (χ0) is 21.9. The number of pyridine rings is 1. The van der Waals surface area contributed by atoms with E-state index in [9.17, 15) is 22.8 Å². The highest BCUT2D eigenvalue weighted by molar-refractivity contribution is 6.10. The number of alkyl halides is 3. The molecule has 1 N–H and O–H groups in total. The minimum Gasteiger partial charge on any atom is -0.340 e. The molecule has 160 valence electrons. The molecule has 0 radical (unpaired) electrons. The maximum absolute atomic E-state index is 13.0. The molecule has 30 heavy (non-hydrogen) atoms. The normalized spacial score (nSPS) is 19.4. The van der Waals surface area contributed by atoms with Crippen LogP contribution < -0.4 is 5.32 Å². The van der Waals surface area contributed by atoms with E-state index in [1.807, 2.05) is 13.8 Å². The molecular weight excluding hydrogens is 395 g/mol. The molecule has 2 unspecified atom stereocenters. The van der Waals surface area contributed by atoms with Crippen LogP contribution in [0, 0.1) is 0 Å². The van der Waals surface area contributed by atoms with Crippen molar-refractivity contribution in [1.29, 1.82) is 0 Å². The first-order valence-electron chi connectivity index (χ1n) is 9.90. The van der Waals surface area contributed by atoms with Crippen LogP contribution >= 0.6 is 0 Å². The fourth-order valence-electron chi connectivity index (χ4n) is 3.88. The number of nitrogens with zero attached hydrogens (tertiary/aromatic N) is 2. The van der Waals surface area contributed by atoms with Crippen LogP contribution in [0.1, 0.15) is 55.5 Å². The molecule has 0 spiro atoms. The Morgan fingerprint density at radius 2 is 1.83 bits per heavy atom. The maximum atomic E-state index is 13.0. The summed E-state index contributed by atoms with van der Waals surface area (Å²) < 4.78 is 38.9. The van der Waals surface area contributed by atoms with Crippen LogP contribution in [0.25, 0.3) is 0 Å². The lowest BCUT2D eigenvalue weighted by molar-refractivity contribution is -0.138. The fourth-order valence-corrected chi connectivity index (χ4v) is 3.88. The Balaban J connectivity index is 1.78. The van der Waals surface area contributed by atoms with Crippen LogP contribution in [0.2, 0.25) is 0 Å². The topological polar surface area (TPSA) is 62.3 Å². The summed E-state index contributed by atoms with van der Waals surface area (Å²) in [5.74, 6) is -0.546. The van der Waals surface area contributed by atoms with Crippen LogP contribution in [0.15, 0.2) is 42.6 Å². The molecule has 2 aromatic rings. The molecule has 0 saturated carbocycles. The quantitative estimate of drug-likeness (QED) is 0.534. The summed E-state index contributed by atoms with van der Waals surface area (Å²) in [7, 11) is 0. The molecule has 1 aromatic heterocycles. The van der Waals surface area contributed by atoms with Crippen molar-refractivity contribution >= 4 is 23.2 Å². The molecule has 1 aliphatic heterocycles. The average molecular weight is 419 g/mol. The van der Waals surface area contributed by atoms with Crippen LogP contribution in [0.4, 0.5) is 24.7 Å². The average Bonchev–Trinajstić information content (AvgIpc) is 2.68. The number of likely N-dealkylation sites (tertiary alicyclic amines) is 1. The lowest BCUT2D eigenvalue weighted by Gasteiger charge is -2.39. The van der Waals surface area contributed by atoms with Crippen molar-refractivity contribution in [2.24, 2.45) is 0 Å². The van der Waals surface area contributed by atoms with E-state index in [1.165, 1.54) is 24.4 Å². The van der Waals surface area contributed by atoms with E-state index < -0.39 is 17.5 Å². The van der Waals surface area contributed by atoms with Gasteiger partial charge in [-0.05, 0) is 63.4 Å². The van der Waals surface area contributed by atoms with E-state index in [2.05, 4.69) is 10.3 Å². The number of carbonyl (C=O) groups is 2. The molecule has 1 aromatic carbocycles. The highest BCUT2D eigenvalue weighted by atomic mass is 19.4. The number of halogens is 3. The van der Waals surface area contributed by atoms with Gasteiger partial charge >= 0.3 is 6.18 Å². The Morgan fingerprint density at radius 3 is 2.50 bits per heavy atom. The summed E-state index contributed by atoms with van der Waals surface area (Å²) in [4.78, 5) is 31.5. The van der Waals surface area contributed by atoms with Crippen molar-refractivity contribution in [2.75, 3.05) is 5.32 Å². The van der Waals surface area contributed by atoms with E-state index in [-0.39, 0.29) is 41.5 Å². The molecule has 2 atom stereocenters. The van der Waals surface area contributed by atoms with Crippen LogP contribution in [-0.4, -0.2) is 33.7 Å². The number of Topliss-reactive ketones (excluding diaryl/α,β-unsaturated/α-hetero) is 1. The predicted octanol–water partition coefficient (Wildman–Crippen LogP) is 5.21. The monoisotopic (exact) mass is 419 g/mol. The minimum atomic E-state index is -4.48. The second-order valence-corrected chi connectivity index (χ2v) is 7.63. The van der Waals surface area contributed by atoms with E-state index in [4.69, 9.17) is 0 Å². The highest BCUT2D eigenvalue weighted by Gasteiger charge is 2.31. The number of ketones is 1. The first-order valence-corrected chi connectivity index (χ1v) is 9.90. The van der Waals surface area contributed by atoms with Gasteiger partial charge in [-0.2, -0.15) is 13.2 Å². The molecule has 1 saturated heterocycles. The smallest absolute Gasteiger partial charge is 0.340 e. The molecule has 3 rings (SSSR count). The number of nitrogens with one attached hydrogen (secondary N) is 1. The Labute approximate surface area is 173 Å². The predicted molar refractivity (Wildman–Crippen MR) is 108 cm³/mol. The van der Waals surface area contributed by atoms with E-state index >= 15 is 0 Å². The zero-order valence-electron chi connectivity index (χ0n) is 16.9. The Kier molecular flexibility index (Phi) is 6.43. The van der Waals surface area contributed by atoms with Gasteiger partial charge < -0.3 is 10.2 Å². The fraction of sp³-hybridized carbons (Fsp3) is 0.409.